The number of hydrogen-bond acceptors (Lipinski definition) is 14. The summed E-state index contributed by atoms with van der Waals surface area (Å²) < 4.78 is 19.0. The van der Waals surface area contributed by atoms with Crippen molar-refractivity contribution in [2.24, 2.45) is 15.2 Å². The summed E-state index contributed by atoms with van der Waals surface area (Å²) in [5, 5.41) is 27.4. The summed E-state index contributed by atoms with van der Waals surface area (Å²) in [6, 6.07) is 14.4. The van der Waals surface area contributed by atoms with Crippen LogP contribution in [0.3, 0.4) is 0 Å². The molecule has 20 heteroatoms. The quantitative estimate of drug-likeness (QED) is 0.0556. The number of unbranched alkanes of at least 4 members (excludes halogenated alkanes) is 1. The predicted octanol–water partition coefficient (Wildman–Crippen LogP) is 6.47. The minimum absolute atomic E-state index is 0.0665. The third kappa shape index (κ3) is 9.39. The van der Waals surface area contributed by atoms with Gasteiger partial charge in [-0.05, 0) is 69.9 Å². The van der Waals surface area contributed by atoms with Crippen LogP contribution < -0.4 is 30.2 Å². The van der Waals surface area contributed by atoms with Gasteiger partial charge in [0.1, 0.15) is 22.9 Å². The fraction of sp³-hybridized carbons (Fsp3) is 0.348. The molecule has 66 heavy (non-hydrogen) atoms. The molecule has 2 atom stereocenters. The van der Waals surface area contributed by atoms with E-state index in [0.717, 1.165) is 32.3 Å². The molecule has 3 aliphatic rings. The highest BCUT2D eigenvalue weighted by atomic mass is 35.5. The van der Waals surface area contributed by atoms with Gasteiger partial charge >= 0.3 is 0 Å². The van der Waals surface area contributed by atoms with Crippen molar-refractivity contribution in [2.75, 3.05) is 33.9 Å². The number of nitrogens with one attached hydrogen (secondary N) is 3. The van der Waals surface area contributed by atoms with Gasteiger partial charge in [0, 0.05) is 70.3 Å². The lowest BCUT2D eigenvalue weighted by Crippen LogP contribution is -2.52. The van der Waals surface area contributed by atoms with Crippen LogP contribution in [0.4, 0.5) is 11.4 Å². The SMILES string of the molecule is COc1cc(N=Nc2cccc3c2CN(C2CCC(=O)NC2=O)C3=O)cc(OC)c1OCC(=O)NCCCCNC(=O)CC1N=C(c2ccc(Cl)cc2)c2c(sc(C)c2C)-n2c(C)nnc21. The predicted molar refractivity (Wildman–Crippen MR) is 245 cm³/mol. The number of imide groups is 1. The maximum absolute atomic E-state index is 13.4. The number of azo groups is 1. The first kappa shape index (κ1) is 45.6. The minimum Gasteiger partial charge on any atom is -0.493 e. The molecule has 3 N–H and O–H groups in total. The van der Waals surface area contributed by atoms with E-state index in [9.17, 15) is 24.0 Å². The standard InChI is InChI=1S/C46H47ClN10O8S/c1-24-25(2)66-46-40(24)41(27-11-13-28(47)14-12-27)50-33(43-55-52-26(3)57(43)46)21-38(59)48-17-6-7-18-49-39(60)23-65-42-35(63-4)19-29(20-36(42)64-5)53-54-32-10-8-9-30-31(32)22-56(45(30)62)34-15-16-37(58)51-44(34)61/h8-14,19-20,33-34H,6-7,15-18,21-23H2,1-5H3,(H,48,59)(H,49,60)(H,51,58,61). The normalized spacial score (nSPS) is 16.5. The van der Waals surface area contributed by atoms with Crippen LogP contribution in [0.5, 0.6) is 17.2 Å². The van der Waals surface area contributed by atoms with Gasteiger partial charge in [0.15, 0.2) is 23.9 Å². The molecule has 3 aliphatic heterocycles. The zero-order valence-corrected chi connectivity index (χ0v) is 38.5. The second kappa shape index (κ2) is 19.6. The number of aliphatic imine (C=N–C) groups is 1. The van der Waals surface area contributed by atoms with Crippen molar-refractivity contribution < 1.29 is 38.2 Å². The molecule has 5 heterocycles. The van der Waals surface area contributed by atoms with Crippen molar-refractivity contribution in [1.29, 1.82) is 0 Å². The van der Waals surface area contributed by atoms with Crippen molar-refractivity contribution in [3.8, 4) is 22.2 Å². The van der Waals surface area contributed by atoms with Crippen LogP contribution in [0.1, 0.15) is 87.3 Å². The van der Waals surface area contributed by atoms with Crippen LogP contribution in [0.2, 0.25) is 5.02 Å². The van der Waals surface area contributed by atoms with Crippen molar-refractivity contribution >= 4 is 69.6 Å². The second-order valence-corrected chi connectivity index (χ2v) is 17.5. The van der Waals surface area contributed by atoms with Crippen LogP contribution >= 0.6 is 22.9 Å². The van der Waals surface area contributed by atoms with Crippen LogP contribution in [0.15, 0.2) is 69.8 Å². The smallest absolute Gasteiger partial charge is 0.257 e. The number of fused-ring (bicyclic) bond motifs is 4. The molecule has 0 bridgehead atoms. The number of carbonyl (C=O) groups excluding carboxylic acids is 5. The molecule has 5 aromatic rings. The second-order valence-electron chi connectivity index (χ2n) is 15.9. The highest BCUT2D eigenvalue weighted by molar-refractivity contribution is 7.15. The van der Waals surface area contributed by atoms with E-state index < -0.39 is 18.0 Å². The number of halogens is 1. The molecule has 0 saturated carbocycles. The third-order valence-electron chi connectivity index (χ3n) is 11.6. The van der Waals surface area contributed by atoms with Gasteiger partial charge < -0.3 is 29.7 Å². The van der Waals surface area contributed by atoms with Crippen LogP contribution in [-0.2, 0) is 25.7 Å². The number of aromatic nitrogens is 3. The lowest BCUT2D eigenvalue weighted by molar-refractivity contribution is -0.137. The van der Waals surface area contributed by atoms with Gasteiger partial charge in [0.2, 0.25) is 23.5 Å². The zero-order valence-electron chi connectivity index (χ0n) is 36.9. The van der Waals surface area contributed by atoms with Crippen LogP contribution in [-0.4, -0.2) is 94.9 Å². The van der Waals surface area contributed by atoms with Crippen molar-refractivity contribution in [3.63, 3.8) is 0 Å². The minimum atomic E-state index is -0.758. The summed E-state index contributed by atoms with van der Waals surface area (Å²) in [6.45, 7) is 6.62. The zero-order chi connectivity index (χ0) is 46.6. The number of piperidine rings is 1. The van der Waals surface area contributed by atoms with E-state index in [1.165, 1.54) is 19.1 Å². The van der Waals surface area contributed by atoms with Gasteiger partial charge in [0.05, 0.1) is 37.7 Å². The van der Waals surface area contributed by atoms with Crippen molar-refractivity contribution in [2.45, 2.75) is 71.5 Å². The Bertz CT molecular complexity index is 2780. The van der Waals surface area contributed by atoms with Crippen LogP contribution in [0, 0.1) is 20.8 Å². The lowest BCUT2D eigenvalue weighted by atomic mass is 9.99. The summed E-state index contributed by atoms with van der Waals surface area (Å²) in [5.41, 5.74) is 5.57. The Kier molecular flexibility index (Phi) is 13.6. The maximum atomic E-state index is 13.4. The highest BCUT2D eigenvalue weighted by Gasteiger charge is 2.40. The molecule has 0 radical (unpaired) electrons. The van der Waals surface area contributed by atoms with Gasteiger partial charge in [-0.15, -0.1) is 21.5 Å². The van der Waals surface area contributed by atoms with Gasteiger partial charge in [-0.1, -0.05) is 29.8 Å². The molecule has 0 aliphatic carbocycles. The first-order valence-corrected chi connectivity index (χ1v) is 22.5. The van der Waals surface area contributed by atoms with Crippen molar-refractivity contribution in [3.05, 3.63) is 104 Å². The number of nitrogens with zero attached hydrogens (tertiary/aromatic N) is 7. The molecule has 1 fully saturated rings. The Hall–Kier alpha value is -6.99. The summed E-state index contributed by atoms with van der Waals surface area (Å²) >= 11 is 7.88. The molecule has 2 unspecified atom stereocenters. The molecule has 342 valence electrons. The van der Waals surface area contributed by atoms with E-state index in [-0.39, 0.29) is 73.3 Å². The number of ether oxygens (including phenoxy) is 3. The molecule has 8 rings (SSSR count). The van der Waals surface area contributed by atoms with E-state index in [0.29, 0.717) is 65.1 Å². The third-order valence-corrected chi connectivity index (χ3v) is 13.1. The van der Waals surface area contributed by atoms with E-state index in [1.807, 2.05) is 35.8 Å². The molecular weight excluding hydrogens is 888 g/mol. The first-order valence-electron chi connectivity index (χ1n) is 21.3. The molecule has 3 aromatic carbocycles. The fourth-order valence-electron chi connectivity index (χ4n) is 8.12. The van der Waals surface area contributed by atoms with Gasteiger partial charge in [-0.25, -0.2) is 0 Å². The van der Waals surface area contributed by atoms with Gasteiger partial charge in [0.25, 0.3) is 11.8 Å². The largest absolute Gasteiger partial charge is 0.493 e. The molecule has 2 aromatic heterocycles. The summed E-state index contributed by atoms with van der Waals surface area (Å²) in [5.74, 6) is 0.270. The molecule has 0 spiro atoms. The highest BCUT2D eigenvalue weighted by Crippen LogP contribution is 2.43. The average Bonchev–Trinajstić information content (AvgIpc) is 3.92. The Morgan fingerprint density at radius 2 is 1.65 bits per heavy atom. The Labute approximate surface area is 388 Å². The Balaban J connectivity index is 0.826. The van der Waals surface area contributed by atoms with E-state index >= 15 is 0 Å². The van der Waals surface area contributed by atoms with E-state index in [2.05, 4.69) is 50.2 Å². The maximum Gasteiger partial charge on any atom is 0.257 e. The van der Waals surface area contributed by atoms with Gasteiger partial charge in [-0.3, -0.25) is 38.8 Å². The molecule has 1 saturated heterocycles. The Morgan fingerprint density at radius 1 is 0.939 bits per heavy atom. The number of aryl methyl sites for hydroxylation is 2. The van der Waals surface area contributed by atoms with E-state index in [1.54, 1.807) is 41.7 Å². The number of rotatable bonds is 16. The monoisotopic (exact) mass is 934 g/mol. The van der Waals surface area contributed by atoms with Gasteiger partial charge in [-0.2, -0.15) is 10.2 Å². The number of hydrogen-bond donors (Lipinski definition) is 3. The number of methoxy groups -OCH3 is 2. The first-order chi connectivity index (χ1) is 31.8. The number of benzene rings is 3. The Morgan fingerprint density at radius 3 is 2.35 bits per heavy atom. The van der Waals surface area contributed by atoms with Crippen molar-refractivity contribution in [1.82, 2.24) is 35.6 Å². The summed E-state index contributed by atoms with van der Waals surface area (Å²) in [4.78, 5) is 71.4. The number of carbonyl (C=O) groups is 5. The summed E-state index contributed by atoms with van der Waals surface area (Å²) in [7, 11) is 2.88. The fourth-order valence-corrected chi connectivity index (χ4v) is 9.46. The average molecular weight is 935 g/mol. The molecule has 18 nitrogen and oxygen atoms in total. The summed E-state index contributed by atoms with van der Waals surface area (Å²) in [6.07, 6.45) is 1.67. The molecule has 5 amide bonds. The van der Waals surface area contributed by atoms with E-state index in [4.69, 9.17) is 30.8 Å². The number of thiophene rings is 1. The van der Waals surface area contributed by atoms with Crippen LogP contribution in [0.25, 0.3) is 5.00 Å². The number of amides is 5. The lowest BCUT2D eigenvalue weighted by Gasteiger charge is -2.29. The molecular formula is C46H47ClN10O8S. The topological polar surface area (TPSA) is 220 Å².